The molecule has 2 aromatic carbocycles. The van der Waals surface area contributed by atoms with E-state index in [0.29, 0.717) is 28.2 Å². The number of hydrogen-bond donors (Lipinski definition) is 0. The van der Waals surface area contributed by atoms with Crippen molar-refractivity contribution >= 4 is 33.1 Å². The summed E-state index contributed by atoms with van der Waals surface area (Å²) in [6.07, 6.45) is 1.65. The van der Waals surface area contributed by atoms with Crippen LogP contribution in [0.4, 0.5) is 5.69 Å². The van der Waals surface area contributed by atoms with Crippen molar-refractivity contribution in [2.45, 2.75) is 6.54 Å². The minimum absolute atomic E-state index is 0.0128. The van der Waals surface area contributed by atoms with E-state index in [9.17, 15) is 14.9 Å². The summed E-state index contributed by atoms with van der Waals surface area (Å²) in [4.78, 5) is 27.7. The van der Waals surface area contributed by atoms with Gasteiger partial charge in [0.2, 0.25) is 0 Å². The highest BCUT2D eigenvalue weighted by Gasteiger charge is 2.13. The summed E-state index contributed by atoms with van der Waals surface area (Å²) in [5, 5.41) is 11.0. The number of fused-ring (bicyclic) bond motifs is 1. The molecule has 0 aliphatic rings. The maximum Gasteiger partial charge on any atom is 0.279 e. The van der Waals surface area contributed by atoms with E-state index >= 15 is 0 Å². The van der Waals surface area contributed by atoms with Gasteiger partial charge in [-0.2, -0.15) is 4.99 Å². The highest BCUT2D eigenvalue weighted by Crippen LogP contribution is 2.23. The SMILES string of the molecule is C=CCn1c(=NC(=O)c2ccc(OC)cc2)sc2ccc([N+](=O)[O-])cc21. The van der Waals surface area contributed by atoms with Crippen molar-refractivity contribution in [3.8, 4) is 5.75 Å². The molecule has 0 saturated carbocycles. The van der Waals surface area contributed by atoms with Crippen LogP contribution in [0.15, 0.2) is 60.1 Å². The minimum atomic E-state index is -0.450. The van der Waals surface area contributed by atoms with Crippen LogP contribution in [0.25, 0.3) is 10.2 Å². The van der Waals surface area contributed by atoms with Gasteiger partial charge in [-0.05, 0) is 30.3 Å². The molecule has 26 heavy (non-hydrogen) atoms. The number of aromatic nitrogens is 1. The average molecular weight is 369 g/mol. The number of carbonyl (C=O) groups excluding carboxylic acids is 1. The van der Waals surface area contributed by atoms with Crippen LogP contribution in [0.3, 0.4) is 0 Å². The lowest BCUT2D eigenvalue weighted by Crippen LogP contribution is -2.16. The normalized spacial score (nSPS) is 11.5. The zero-order valence-electron chi connectivity index (χ0n) is 13.9. The fourth-order valence-electron chi connectivity index (χ4n) is 2.45. The Bertz CT molecular complexity index is 1060. The van der Waals surface area contributed by atoms with Gasteiger partial charge in [0.1, 0.15) is 5.75 Å². The molecule has 0 N–H and O–H groups in total. The molecule has 1 heterocycles. The van der Waals surface area contributed by atoms with Crippen molar-refractivity contribution in [1.82, 2.24) is 4.57 Å². The number of amides is 1. The third kappa shape index (κ3) is 3.40. The summed E-state index contributed by atoms with van der Waals surface area (Å²) in [7, 11) is 1.55. The van der Waals surface area contributed by atoms with Gasteiger partial charge in [-0.1, -0.05) is 17.4 Å². The third-order valence-corrected chi connectivity index (χ3v) is 4.78. The van der Waals surface area contributed by atoms with Crippen LogP contribution in [0.1, 0.15) is 10.4 Å². The second kappa shape index (κ2) is 7.32. The Labute approximate surface area is 152 Å². The molecular formula is C18H15N3O4S. The first kappa shape index (κ1) is 17.6. The van der Waals surface area contributed by atoms with Crippen LogP contribution < -0.4 is 9.54 Å². The lowest BCUT2D eigenvalue weighted by atomic mass is 10.2. The monoisotopic (exact) mass is 369 g/mol. The number of carbonyl (C=O) groups is 1. The Morgan fingerprint density at radius 2 is 2.08 bits per heavy atom. The van der Waals surface area contributed by atoms with Crippen LogP contribution in [0.2, 0.25) is 0 Å². The van der Waals surface area contributed by atoms with Crippen molar-refractivity contribution in [3.05, 3.63) is 75.6 Å². The Kier molecular flexibility index (Phi) is 4.94. The zero-order chi connectivity index (χ0) is 18.7. The Morgan fingerprint density at radius 3 is 2.69 bits per heavy atom. The van der Waals surface area contributed by atoms with E-state index < -0.39 is 10.8 Å². The number of ether oxygens (including phenoxy) is 1. The topological polar surface area (TPSA) is 86.7 Å². The lowest BCUT2D eigenvalue weighted by Gasteiger charge is -2.01. The molecule has 0 bridgehead atoms. The van der Waals surface area contributed by atoms with Crippen LogP contribution in [0.5, 0.6) is 5.75 Å². The smallest absolute Gasteiger partial charge is 0.279 e. The Balaban J connectivity index is 2.11. The van der Waals surface area contributed by atoms with E-state index in [0.717, 1.165) is 4.70 Å². The molecule has 0 aliphatic carbocycles. The number of benzene rings is 2. The molecule has 132 valence electrons. The molecular weight excluding hydrogens is 354 g/mol. The molecule has 0 atom stereocenters. The fraction of sp³-hybridized carbons (Fsp3) is 0.111. The molecule has 3 rings (SSSR count). The zero-order valence-corrected chi connectivity index (χ0v) is 14.7. The molecule has 8 heteroatoms. The molecule has 0 spiro atoms. The summed E-state index contributed by atoms with van der Waals surface area (Å²) in [5.41, 5.74) is 1.06. The number of rotatable bonds is 5. The van der Waals surface area contributed by atoms with E-state index in [2.05, 4.69) is 11.6 Å². The quantitative estimate of drug-likeness (QED) is 0.391. The fourth-order valence-corrected chi connectivity index (χ4v) is 3.46. The maximum absolute atomic E-state index is 12.5. The lowest BCUT2D eigenvalue weighted by molar-refractivity contribution is -0.384. The average Bonchev–Trinajstić information content (AvgIpc) is 2.98. The van der Waals surface area contributed by atoms with Crippen LogP contribution in [-0.4, -0.2) is 22.5 Å². The Morgan fingerprint density at radius 1 is 1.35 bits per heavy atom. The molecule has 3 aromatic rings. The van der Waals surface area contributed by atoms with Crippen LogP contribution in [-0.2, 0) is 6.54 Å². The molecule has 7 nitrogen and oxygen atoms in total. The number of thiazole rings is 1. The van der Waals surface area contributed by atoms with E-state index in [1.54, 1.807) is 48.1 Å². The number of hydrogen-bond acceptors (Lipinski definition) is 5. The van der Waals surface area contributed by atoms with E-state index in [1.165, 1.54) is 23.5 Å². The van der Waals surface area contributed by atoms with Crippen LogP contribution >= 0.6 is 11.3 Å². The summed E-state index contributed by atoms with van der Waals surface area (Å²) >= 11 is 1.30. The van der Waals surface area contributed by atoms with Gasteiger partial charge >= 0.3 is 0 Å². The minimum Gasteiger partial charge on any atom is -0.497 e. The summed E-state index contributed by atoms with van der Waals surface area (Å²) in [6.45, 7) is 4.09. The first-order chi connectivity index (χ1) is 12.5. The predicted molar refractivity (Wildman–Crippen MR) is 99.6 cm³/mol. The highest BCUT2D eigenvalue weighted by atomic mass is 32.1. The maximum atomic E-state index is 12.5. The summed E-state index contributed by atoms with van der Waals surface area (Å²) in [5.74, 6) is 0.254. The van der Waals surface area contributed by atoms with E-state index in [1.807, 2.05) is 0 Å². The molecule has 0 unspecified atom stereocenters. The number of non-ortho nitro benzene ring substituents is 1. The van der Waals surface area contributed by atoms with Gasteiger partial charge in [-0.3, -0.25) is 14.9 Å². The van der Waals surface area contributed by atoms with E-state index in [4.69, 9.17) is 4.74 Å². The van der Waals surface area contributed by atoms with Crippen molar-refractivity contribution in [2.75, 3.05) is 7.11 Å². The van der Waals surface area contributed by atoms with Gasteiger partial charge in [-0.15, -0.1) is 6.58 Å². The first-order valence-electron chi connectivity index (χ1n) is 7.65. The largest absolute Gasteiger partial charge is 0.497 e. The second-order valence-corrected chi connectivity index (χ2v) is 6.35. The number of nitrogens with zero attached hydrogens (tertiary/aromatic N) is 3. The van der Waals surface area contributed by atoms with E-state index in [-0.39, 0.29) is 5.69 Å². The molecule has 1 amide bonds. The summed E-state index contributed by atoms with van der Waals surface area (Å²) in [6, 6.07) is 11.2. The van der Waals surface area contributed by atoms with Crippen LogP contribution in [0, 0.1) is 10.1 Å². The van der Waals surface area contributed by atoms with Gasteiger partial charge < -0.3 is 9.30 Å². The molecule has 1 aromatic heterocycles. The highest BCUT2D eigenvalue weighted by molar-refractivity contribution is 7.16. The molecule has 0 aliphatic heterocycles. The van der Waals surface area contributed by atoms with Crippen molar-refractivity contribution in [1.29, 1.82) is 0 Å². The summed E-state index contributed by atoms with van der Waals surface area (Å²) < 4.78 is 7.62. The van der Waals surface area contributed by atoms with Gasteiger partial charge in [0, 0.05) is 24.2 Å². The number of nitro groups is 1. The van der Waals surface area contributed by atoms with Gasteiger partial charge in [0.15, 0.2) is 4.80 Å². The number of nitro benzene ring substituents is 1. The first-order valence-corrected chi connectivity index (χ1v) is 8.47. The van der Waals surface area contributed by atoms with Gasteiger partial charge in [0.05, 0.1) is 22.2 Å². The molecule has 0 fully saturated rings. The third-order valence-electron chi connectivity index (χ3n) is 3.72. The van der Waals surface area contributed by atoms with Gasteiger partial charge in [0.25, 0.3) is 11.6 Å². The standard InChI is InChI=1S/C18H15N3O4S/c1-3-10-20-15-11-13(21(23)24)6-9-16(15)26-18(20)19-17(22)12-4-7-14(25-2)8-5-12/h3-9,11H,1,10H2,2H3. The predicted octanol–water partition coefficient (Wildman–Crippen LogP) is 3.55. The van der Waals surface area contributed by atoms with Gasteiger partial charge in [-0.25, -0.2) is 0 Å². The molecule has 0 saturated heterocycles. The van der Waals surface area contributed by atoms with Crippen molar-refractivity contribution in [3.63, 3.8) is 0 Å². The van der Waals surface area contributed by atoms with Crippen molar-refractivity contribution in [2.24, 2.45) is 4.99 Å². The number of methoxy groups -OCH3 is 1. The Hall–Kier alpha value is -3.26. The van der Waals surface area contributed by atoms with Crippen molar-refractivity contribution < 1.29 is 14.5 Å². The number of allylic oxidation sites excluding steroid dienone is 1. The second-order valence-electron chi connectivity index (χ2n) is 5.34. The molecule has 0 radical (unpaired) electrons.